The van der Waals surface area contributed by atoms with Gasteiger partial charge in [0.25, 0.3) is 0 Å². The monoisotopic (exact) mass is 417 g/mol. The van der Waals surface area contributed by atoms with Gasteiger partial charge in [-0.05, 0) is 23.5 Å². The van der Waals surface area contributed by atoms with Crippen molar-refractivity contribution < 1.29 is 14.7 Å². The van der Waals surface area contributed by atoms with Crippen LogP contribution in [0.4, 0.5) is 0 Å². The highest BCUT2D eigenvalue weighted by atomic mass is 32.2. The molecule has 0 spiro atoms. The third kappa shape index (κ3) is 5.54. The summed E-state index contributed by atoms with van der Waals surface area (Å²) in [5, 5.41) is 16.3. The van der Waals surface area contributed by atoms with Crippen LogP contribution in [0.3, 0.4) is 0 Å². The van der Waals surface area contributed by atoms with Gasteiger partial charge in [-0.15, -0.1) is 11.8 Å². The van der Waals surface area contributed by atoms with Gasteiger partial charge in [0.15, 0.2) is 0 Å². The minimum Gasteiger partial charge on any atom is -0.391 e. The van der Waals surface area contributed by atoms with Gasteiger partial charge in [0, 0.05) is 36.5 Å². The van der Waals surface area contributed by atoms with E-state index in [9.17, 15) is 14.7 Å². The molecule has 1 fully saturated rings. The molecular weight excluding hydrogens is 386 g/mol. The number of aliphatic hydroxyl groups excluding tert-OH is 1. The molecule has 1 saturated heterocycles. The average molecular weight is 418 g/mol. The number of allylic oxidation sites excluding steroid dienone is 1. The van der Waals surface area contributed by atoms with Crippen LogP contribution in [0.15, 0.2) is 30.0 Å². The maximum Gasteiger partial charge on any atom is 0.243 e. The first kappa shape index (κ1) is 21.7. The molecule has 158 valence electrons. The fourth-order valence-corrected chi connectivity index (χ4v) is 4.70. The molecule has 1 aromatic carbocycles. The van der Waals surface area contributed by atoms with Crippen LogP contribution in [0, 0.1) is 5.41 Å². The number of thioether (sulfide) groups is 1. The summed E-state index contributed by atoms with van der Waals surface area (Å²) < 4.78 is 0. The number of nitrogens with zero attached hydrogens (tertiary/aromatic N) is 1. The molecule has 2 aliphatic heterocycles. The molecule has 0 radical (unpaired) electrons. The fraction of sp³-hybridized carbons (Fsp3) is 0.545. The minimum absolute atomic E-state index is 0.0788. The molecular formula is C22H31N3O3S. The van der Waals surface area contributed by atoms with Crippen LogP contribution in [-0.4, -0.2) is 46.4 Å². The quantitative estimate of drug-likeness (QED) is 0.686. The van der Waals surface area contributed by atoms with Crippen LogP contribution >= 0.6 is 11.8 Å². The van der Waals surface area contributed by atoms with Crippen molar-refractivity contribution in [2.75, 3.05) is 12.4 Å². The van der Waals surface area contributed by atoms with Gasteiger partial charge in [0.1, 0.15) is 6.04 Å². The van der Waals surface area contributed by atoms with E-state index in [1.807, 2.05) is 32.9 Å². The maximum absolute atomic E-state index is 12.7. The van der Waals surface area contributed by atoms with Crippen molar-refractivity contribution in [1.29, 1.82) is 0 Å². The van der Waals surface area contributed by atoms with E-state index in [1.165, 1.54) is 21.1 Å². The molecule has 2 aliphatic rings. The van der Waals surface area contributed by atoms with Crippen LogP contribution in [-0.2, 0) is 16.1 Å². The van der Waals surface area contributed by atoms with E-state index >= 15 is 0 Å². The normalized spacial score (nSPS) is 22.0. The fourth-order valence-electron chi connectivity index (χ4n) is 3.68. The topological polar surface area (TPSA) is 81.7 Å². The number of hydrogen-bond donors (Lipinski definition) is 3. The van der Waals surface area contributed by atoms with Crippen molar-refractivity contribution in [3.05, 3.63) is 41.1 Å². The lowest BCUT2D eigenvalue weighted by molar-refractivity contribution is -0.140. The second-order valence-corrected chi connectivity index (χ2v) is 10.0. The Balaban J connectivity index is 1.59. The van der Waals surface area contributed by atoms with E-state index in [2.05, 4.69) is 29.7 Å². The van der Waals surface area contributed by atoms with Crippen LogP contribution in [0.5, 0.6) is 0 Å². The first-order valence-electron chi connectivity index (χ1n) is 10.1. The molecule has 3 N–H and O–H groups in total. The van der Waals surface area contributed by atoms with Crippen LogP contribution in [0.25, 0.3) is 4.91 Å². The molecule has 7 heteroatoms. The van der Waals surface area contributed by atoms with Crippen molar-refractivity contribution in [2.45, 2.75) is 59.2 Å². The van der Waals surface area contributed by atoms with Gasteiger partial charge in [-0.25, -0.2) is 0 Å². The SMILES string of the molecule is CC1=C(c2ccc(CNC(=O)C3CC(O)CN3C(=O)CC(C)(C)C)cc2)SCN1. The van der Waals surface area contributed by atoms with E-state index in [0.717, 1.165) is 11.4 Å². The van der Waals surface area contributed by atoms with Gasteiger partial charge in [0.2, 0.25) is 11.8 Å². The predicted octanol–water partition coefficient (Wildman–Crippen LogP) is 2.68. The Hall–Kier alpha value is -1.99. The number of carbonyl (C=O) groups excluding carboxylic acids is 2. The number of amides is 2. The molecule has 0 aromatic heterocycles. The Kier molecular flexibility index (Phi) is 6.58. The first-order chi connectivity index (χ1) is 13.6. The van der Waals surface area contributed by atoms with Gasteiger partial charge in [-0.1, -0.05) is 45.0 Å². The number of nitrogens with one attached hydrogen (secondary N) is 2. The second kappa shape index (κ2) is 8.79. The Morgan fingerprint density at radius 3 is 2.55 bits per heavy atom. The number of hydrogen-bond acceptors (Lipinski definition) is 5. The molecule has 0 aliphatic carbocycles. The van der Waals surface area contributed by atoms with Crippen LogP contribution in [0.1, 0.15) is 51.7 Å². The molecule has 0 saturated carbocycles. The summed E-state index contributed by atoms with van der Waals surface area (Å²) in [5.41, 5.74) is 3.21. The molecule has 2 unspecified atom stereocenters. The summed E-state index contributed by atoms with van der Waals surface area (Å²) in [6.45, 7) is 8.68. The zero-order chi connectivity index (χ0) is 21.2. The standard InChI is InChI=1S/C22H31N3O3S/c1-14-20(29-13-24-14)16-7-5-15(6-8-16)11-23-21(28)18-9-17(26)12-25(18)19(27)10-22(2,3)4/h5-8,17-18,24,26H,9-13H2,1-4H3,(H,23,28). The first-order valence-corrected chi connectivity index (χ1v) is 11.0. The number of carbonyl (C=O) groups is 2. The van der Waals surface area contributed by atoms with E-state index < -0.39 is 12.1 Å². The van der Waals surface area contributed by atoms with Crippen molar-refractivity contribution >= 4 is 28.5 Å². The summed E-state index contributed by atoms with van der Waals surface area (Å²) in [5.74, 6) is 0.614. The highest BCUT2D eigenvalue weighted by Crippen LogP contribution is 2.33. The molecule has 1 aromatic rings. The highest BCUT2D eigenvalue weighted by molar-refractivity contribution is 8.08. The van der Waals surface area contributed by atoms with Crippen molar-refractivity contribution in [2.24, 2.45) is 5.41 Å². The van der Waals surface area contributed by atoms with Gasteiger partial charge in [-0.2, -0.15) is 0 Å². The molecule has 6 nitrogen and oxygen atoms in total. The van der Waals surface area contributed by atoms with E-state index in [1.54, 1.807) is 11.8 Å². The number of β-amino-alcohol motifs (C(OH)–C–C–N with tert-alkyl or cyclic N) is 1. The summed E-state index contributed by atoms with van der Waals surface area (Å²) in [4.78, 5) is 28.1. The van der Waals surface area contributed by atoms with Crippen molar-refractivity contribution in [3.63, 3.8) is 0 Å². The molecule has 29 heavy (non-hydrogen) atoms. The summed E-state index contributed by atoms with van der Waals surface area (Å²) >= 11 is 1.79. The van der Waals surface area contributed by atoms with Gasteiger partial charge in [0.05, 0.1) is 12.0 Å². The number of aliphatic hydroxyl groups is 1. The Morgan fingerprint density at radius 2 is 1.97 bits per heavy atom. The number of rotatable bonds is 5. The van der Waals surface area contributed by atoms with E-state index in [0.29, 0.717) is 13.0 Å². The van der Waals surface area contributed by atoms with Gasteiger partial charge >= 0.3 is 0 Å². The smallest absolute Gasteiger partial charge is 0.243 e. The Bertz CT molecular complexity index is 799. The summed E-state index contributed by atoms with van der Waals surface area (Å²) in [6.07, 6.45) is -0.00576. The average Bonchev–Trinajstić information content (AvgIpc) is 3.24. The van der Waals surface area contributed by atoms with Gasteiger partial charge in [-0.3, -0.25) is 9.59 Å². The third-order valence-electron chi connectivity index (χ3n) is 5.16. The summed E-state index contributed by atoms with van der Waals surface area (Å²) in [6, 6.07) is 7.56. The zero-order valence-corrected chi connectivity index (χ0v) is 18.4. The molecule has 2 amide bonds. The van der Waals surface area contributed by atoms with Crippen LogP contribution in [0.2, 0.25) is 0 Å². The number of benzene rings is 1. The Morgan fingerprint density at radius 1 is 1.28 bits per heavy atom. The largest absolute Gasteiger partial charge is 0.391 e. The Labute approximate surface area is 177 Å². The number of likely N-dealkylation sites (tertiary alicyclic amines) is 1. The third-order valence-corrected chi connectivity index (χ3v) is 6.28. The van der Waals surface area contributed by atoms with Crippen LogP contribution < -0.4 is 10.6 Å². The molecule has 2 atom stereocenters. The predicted molar refractivity (Wildman–Crippen MR) is 117 cm³/mol. The van der Waals surface area contributed by atoms with E-state index in [-0.39, 0.29) is 30.2 Å². The lowest BCUT2D eigenvalue weighted by atomic mass is 9.91. The zero-order valence-electron chi connectivity index (χ0n) is 17.6. The van der Waals surface area contributed by atoms with Gasteiger partial charge < -0.3 is 20.6 Å². The lowest BCUT2D eigenvalue weighted by Crippen LogP contribution is -2.46. The second-order valence-electron chi connectivity index (χ2n) is 9.02. The van der Waals surface area contributed by atoms with Crippen molar-refractivity contribution in [1.82, 2.24) is 15.5 Å². The van der Waals surface area contributed by atoms with Crippen molar-refractivity contribution in [3.8, 4) is 0 Å². The molecule has 3 rings (SSSR count). The summed E-state index contributed by atoms with van der Waals surface area (Å²) in [7, 11) is 0. The molecule has 2 heterocycles. The maximum atomic E-state index is 12.7. The van der Waals surface area contributed by atoms with E-state index in [4.69, 9.17) is 0 Å². The highest BCUT2D eigenvalue weighted by Gasteiger charge is 2.39. The lowest BCUT2D eigenvalue weighted by Gasteiger charge is -2.27. The molecule has 0 bridgehead atoms. The minimum atomic E-state index is -0.650.